The van der Waals surface area contributed by atoms with Gasteiger partial charge in [-0.1, -0.05) is 38.1 Å². The normalized spacial score (nSPS) is 10.6. The number of nitrogens with two attached hydrogens (primary N) is 1. The molecule has 0 aliphatic rings. The van der Waals surface area contributed by atoms with Crippen LogP contribution in [-0.4, -0.2) is 27.9 Å². The Morgan fingerprint density at radius 2 is 1.81 bits per heavy atom. The molecule has 2 aromatic carbocycles. The lowest BCUT2D eigenvalue weighted by molar-refractivity contribution is -0.131. The van der Waals surface area contributed by atoms with Crippen LogP contribution in [0.1, 0.15) is 54.1 Å². The number of hydrogen-bond acceptors (Lipinski definition) is 5. The highest BCUT2D eigenvalue weighted by molar-refractivity contribution is 6.04. The second kappa shape index (κ2) is 9.78. The third-order valence-corrected chi connectivity index (χ3v) is 4.60. The second-order valence-electron chi connectivity index (χ2n) is 7.55. The van der Waals surface area contributed by atoms with E-state index in [2.05, 4.69) is 34.4 Å². The van der Waals surface area contributed by atoms with Crippen LogP contribution < -0.4 is 21.1 Å². The molecule has 1 heterocycles. The van der Waals surface area contributed by atoms with Gasteiger partial charge in [-0.3, -0.25) is 14.9 Å². The van der Waals surface area contributed by atoms with Crippen LogP contribution in [0.4, 0.5) is 16.3 Å². The molecule has 0 saturated heterocycles. The maximum absolute atomic E-state index is 12.5. The molecule has 0 spiro atoms. The molecule has 0 bridgehead atoms. The minimum atomic E-state index is -0.744. The molecule has 1 aromatic heterocycles. The molecule has 5 N–H and O–H groups in total. The molecule has 0 radical (unpaired) electrons. The van der Waals surface area contributed by atoms with Crippen molar-refractivity contribution in [2.75, 3.05) is 10.6 Å². The summed E-state index contributed by atoms with van der Waals surface area (Å²) in [5, 5.41) is 5.31. The highest BCUT2D eigenvalue weighted by atomic mass is 16.5. The number of benzene rings is 2. The van der Waals surface area contributed by atoms with E-state index in [9.17, 15) is 14.4 Å². The van der Waals surface area contributed by atoms with Crippen molar-refractivity contribution >= 4 is 29.4 Å². The molecule has 0 aliphatic carbocycles. The van der Waals surface area contributed by atoms with Gasteiger partial charge in [0.2, 0.25) is 0 Å². The highest BCUT2D eigenvalue weighted by Crippen LogP contribution is 2.20. The zero-order valence-corrected chi connectivity index (χ0v) is 18.1. The number of ether oxygens (including phenoxy) is 1. The van der Waals surface area contributed by atoms with Crippen LogP contribution in [0.2, 0.25) is 0 Å². The number of carbonyl (C=O) groups is 3. The summed E-state index contributed by atoms with van der Waals surface area (Å²) in [7, 11) is 0. The van der Waals surface area contributed by atoms with Crippen LogP contribution in [-0.2, 0) is 11.2 Å². The first-order valence-electron chi connectivity index (χ1n) is 10.0. The predicted molar refractivity (Wildman–Crippen MR) is 121 cm³/mol. The Labute approximate surface area is 185 Å². The number of hydrogen-bond donors (Lipinski definition) is 4. The number of aromatic nitrogens is 2. The van der Waals surface area contributed by atoms with Gasteiger partial charge < -0.3 is 20.8 Å². The molecule has 3 amide bonds. The Kier molecular flexibility index (Phi) is 6.89. The van der Waals surface area contributed by atoms with Gasteiger partial charge in [-0.05, 0) is 41.3 Å². The van der Waals surface area contributed by atoms with E-state index in [1.807, 2.05) is 18.2 Å². The number of imidazole rings is 1. The number of nitrogens with one attached hydrogen (secondary N) is 3. The van der Waals surface area contributed by atoms with Gasteiger partial charge in [0.1, 0.15) is 17.3 Å². The number of H-pyrrole nitrogens is 1. The fourth-order valence-electron chi connectivity index (χ4n) is 3.05. The van der Waals surface area contributed by atoms with Gasteiger partial charge in [0, 0.05) is 19.0 Å². The summed E-state index contributed by atoms with van der Waals surface area (Å²) in [5.41, 5.74) is 8.00. The average Bonchev–Trinajstić information content (AvgIpc) is 3.11. The van der Waals surface area contributed by atoms with E-state index < -0.39 is 17.9 Å². The van der Waals surface area contributed by atoms with Crippen molar-refractivity contribution in [3.05, 3.63) is 71.2 Å². The Morgan fingerprint density at radius 3 is 2.44 bits per heavy atom. The van der Waals surface area contributed by atoms with Gasteiger partial charge in [0.25, 0.3) is 5.91 Å². The van der Waals surface area contributed by atoms with E-state index in [0.29, 0.717) is 29.6 Å². The fourth-order valence-corrected chi connectivity index (χ4v) is 3.05. The van der Waals surface area contributed by atoms with E-state index in [1.165, 1.54) is 6.92 Å². The van der Waals surface area contributed by atoms with Crippen LogP contribution in [0.25, 0.3) is 0 Å². The number of rotatable bonds is 7. The predicted octanol–water partition coefficient (Wildman–Crippen LogP) is 3.79. The van der Waals surface area contributed by atoms with E-state index >= 15 is 0 Å². The molecule has 0 aliphatic heterocycles. The minimum absolute atomic E-state index is 0.00242. The Hall–Kier alpha value is -4.14. The molecule has 3 rings (SSSR count). The maximum atomic E-state index is 12.5. The van der Waals surface area contributed by atoms with Gasteiger partial charge in [-0.2, -0.15) is 0 Å². The van der Waals surface area contributed by atoms with Gasteiger partial charge in [-0.15, -0.1) is 0 Å². The van der Waals surface area contributed by atoms with Crippen molar-refractivity contribution in [3.63, 3.8) is 0 Å². The lowest BCUT2D eigenvalue weighted by Crippen LogP contribution is -2.22. The molecular formula is C23H25N5O4. The number of carbonyl (C=O) groups excluding carboxylic acids is 3. The summed E-state index contributed by atoms with van der Waals surface area (Å²) < 4.78 is 5.01. The van der Waals surface area contributed by atoms with Crippen molar-refractivity contribution in [3.8, 4) is 5.75 Å². The summed E-state index contributed by atoms with van der Waals surface area (Å²) in [6.45, 7) is 5.45. The Morgan fingerprint density at radius 1 is 1.09 bits per heavy atom. The summed E-state index contributed by atoms with van der Waals surface area (Å²) in [5.74, 6) is 0.0842. The van der Waals surface area contributed by atoms with E-state index in [-0.39, 0.29) is 11.5 Å². The van der Waals surface area contributed by atoms with Crippen LogP contribution in [0.3, 0.4) is 0 Å². The van der Waals surface area contributed by atoms with E-state index in [0.717, 1.165) is 11.1 Å². The van der Waals surface area contributed by atoms with Gasteiger partial charge in [0.15, 0.2) is 5.82 Å². The summed E-state index contributed by atoms with van der Waals surface area (Å²) in [6, 6.07) is 13.8. The van der Waals surface area contributed by atoms with E-state index in [1.54, 1.807) is 30.3 Å². The van der Waals surface area contributed by atoms with Crippen molar-refractivity contribution in [1.29, 1.82) is 0 Å². The molecule has 9 nitrogen and oxygen atoms in total. The second-order valence-corrected chi connectivity index (χ2v) is 7.55. The molecule has 166 valence electrons. The number of nitrogens with zero attached hydrogens (tertiary/aromatic N) is 1. The summed E-state index contributed by atoms with van der Waals surface area (Å²) >= 11 is 0. The van der Waals surface area contributed by atoms with Gasteiger partial charge in [-0.25, -0.2) is 9.78 Å². The van der Waals surface area contributed by atoms with Gasteiger partial charge in [0.05, 0.1) is 0 Å². The van der Waals surface area contributed by atoms with Crippen molar-refractivity contribution in [2.24, 2.45) is 5.73 Å². The molecule has 0 atom stereocenters. The topological polar surface area (TPSA) is 139 Å². The third kappa shape index (κ3) is 5.94. The zero-order valence-electron chi connectivity index (χ0n) is 18.1. The summed E-state index contributed by atoms with van der Waals surface area (Å²) in [6.07, 6.45) is 0.348. The Bertz CT molecular complexity index is 1140. The van der Waals surface area contributed by atoms with Crippen LogP contribution >= 0.6 is 0 Å². The number of primary amides is 1. The van der Waals surface area contributed by atoms with Crippen molar-refractivity contribution < 1.29 is 19.1 Å². The van der Waals surface area contributed by atoms with Crippen LogP contribution in [0.15, 0.2) is 48.5 Å². The molecule has 0 unspecified atom stereocenters. The first-order valence-corrected chi connectivity index (χ1v) is 10.0. The summed E-state index contributed by atoms with van der Waals surface area (Å²) in [4.78, 5) is 42.5. The molecule has 0 fully saturated rings. The molecular weight excluding hydrogens is 410 g/mol. The molecule has 0 saturated carbocycles. The first-order chi connectivity index (χ1) is 15.2. The fraction of sp³-hybridized carbons (Fsp3) is 0.217. The highest BCUT2D eigenvalue weighted by Gasteiger charge is 2.18. The number of anilines is 2. The Balaban J connectivity index is 1.71. The quantitative estimate of drug-likeness (QED) is 0.330. The SMILES string of the molecule is CC(=O)Oc1ccc(Cc2nc(NC(=O)Nc3cccc(C(C)C)c3)c(C(N)=O)[nH]2)cc1. The van der Waals surface area contributed by atoms with Crippen LogP contribution in [0, 0.1) is 0 Å². The first kappa shape index (κ1) is 22.5. The molecule has 3 aromatic rings. The largest absolute Gasteiger partial charge is 0.427 e. The number of aromatic amines is 1. The van der Waals surface area contributed by atoms with Gasteiger partial charge >= 0.3 is 12.0 Å². The van der Waals surface area contributed by atoms with Crippen molar-refractivity contribution in [1.82, 2.24) is 9.97 Å². The van der Waals surface area contributed by atoms with Crippen LogP contribution in [0.5, 0.6) is 5.75 Å². The zero-order chi connectivity index (χ0) is 23.3. The minimum Gasteiger partial charge on any atom is -0.427 e. The number of esters is 1. The molecule has 9 heteroatoms. The standard InChI is InChI=1S/C23H25N5O4/c1-13(2)16-5-4-6-17(12-16)25-23(31)28-22-20(21(24)30)26-19(27-22)11-15-7-9-18(10-8-15)32-14(3)29/h4-10,12-13H,11H2,1-3H3,(H2,24,30)(H,26,27)(H2,25,28,31). The average molecular weight is 435 g/mol. The lowest BCUT2D eigenvalue weighted by atomic mass is 10.0. The number of amides is 3. The van der Waals surface area contributed by atoms with Crippen molar-refractivity contribution in [2.45, 2.75) is 33.1 Å². The lowest BCUT2D eigenvalue weighted by Gasteiger charge is -2.10. The molecule has 32 heavy (non-hydrogen) atoms. The maximum Gasteiger partial charge on any atom is 0.324 e. The number of urea groups is 1. The van der Waals surface area contributed by atoms with E-state index in [4.69, 9.17) is 10.5 Å². The smallest absolute Gasteiger partial charge is 0.324 e. The monoisotopic (exact) mass is 435 g/mol. The third-order valence-electron chi connectivity index (χ3n) is 4.60.